The molecule has 0 aliphatic carbocycles. The van der Waals surface area contributed by atoms with Crippen molar-refractivity contribution in [3.8, 4) is 0 Å². The number of rotatable bonds is 6. The summed E-state index contributed by atoms with van der Waals surface area (Å²) < 4.78 is 6.13. The van der Waals surface area contributed by atoms with Crippen molar-refractivity contribution in [2.24, 2.45) is 5.92 Å². The van der Waals surface area contributed by atoms with Crippen molar-refractivity contribution in [1.82, 2.24) is 15.1 Å². The highest BCUT2D eigenvalue weighted by Gasteiger charge is 2.25. The summed E-state index contributed by atoms with van der Waals surface area (Å²) in [7, 11) is 1.29. The lowest BCUT2D eigenvalue weighted by molar-refractivity contribution is -0.146. The zero-order chi connectivity index (χ0) is 19.4. The number of carbonyl (C=O) groups is 2. The van der Waals surface area contributed by atoms with E-state index in [1.54, 1.807) is 24.3 Å². The van der Waals surface area contributed by atoms with E-state index in [0.29, 0.717) is 16.5 Å². The van der Waals surface area contributed by atoms with Gasteiger partial charge in [-0.1, -0.05) is 32.0 Å². The van der Waals surface area contributed by atoms with Crippen LogP contribution in [0.3, 0.4) is 0 Å². The van der Waals surface area contributed by atoms with E-state index in [1.807, 2.05) is 27.7 Å². The number of methoxy groups -OCH3 is 1. The number of fused-ring (bicyclic) bond motifs is 1. The number of aromatic nitrogens is 2. The molecule has 0 bridgehead atoms. The molecule has 0 radical (unpaired) electrons. The Labute approximate surface area is 152 Å². The number of ether oxygens (including phenoxy) is 1. The molecule has 7 heteroatoms. The monoisotopic (exact) mass is 359 g/mol. The molecule has 1 aromatic carbocycles. The number of benzene rings is 1. The summed E-state index contributed by atoms with van der Waals surface area (Å²) in [5, 5.41) is 8.25. The summed E-state index contributed by atoms with van der Waals surface area (Å²) in [5.74, 6) is -0.945. The number of carbonyl (C=O) groups excluding carboxylic acids is 2. The van der Waals surface area contributed by atoms with E-state index >= 15 is 0 Å². The van der Waals surface area contributed by atoms with Gasteiger partial charge in [0.15, 0.2) is 0 Å². The molecule has 1 aromatic heterocycles. The van der Waals surface area contributed by atoms with Crippen molar-refractivity contribution in [1.29, 1.82) is 0 Å². The smallest absolute Gasteiger partial charge is 0.328 e. The molecule has 0 aliphatic rings. The molecule has 1 heterocycles. The van der Waals surface area contributed by atoms with Gasteiger partial charge in [-0.3, -0.25) is 9.59 Å². The topological polar surface area (TPSA) is 90.3 Å². The number of nitrogens with zero attached hydrogens (tertiary/aromatic N) is 2. The molecule has 0 saturated heterocycles. The maximum absolute atomic E-state index is 12.5. The molecule has 140 valence electrons. The highest BCUT2D eigenvalue weighted by atomic mass is 16.5. The molecular weight excluding hydrogens is 334 g/mol. The highest BCUT2D eigenvalue weighted by Crippen LogP contribution is 2.15. The molecule has 0 saturated carbocycles. The van der Waals surface area contributed by atoms with Crippen LogP contribution in [0, 0.1) is 5.92 Å². The largest absolute Gasteiger partial charge is 0.467 e. The zero-order valence-corrected chi connectivity index (χ0v) is 15.8. The molecule has 7 nitrogen and oxygen atoms in total. The van der Waals surface area contributed by atoms with Gasteiger partial charge in [0.05, 0.1) is 30.7 Å². The molecule has 0 fully saturated rings. The van der Waals surface area contributed by atoms with E-state index in [9.17, 15) is 14.4 Å². The quantitative estimate of drug-likeness (QED) is 0.795. The van der Waals surface area contributed by atoms with Crippen LogP contribution in [0.2, 0.25) is 0 Å². The summed E-state index contributed by atoms with van der Waals surface area (Å²) in [6.07, 6.45) is -0.0340. The molecular formula is C19H25N3O4. The Balaban J connectivity index is 2.38. The van der Waals surface area contributed by atoms with E-state index in [0.717, 1.165) is 0 Å². The average molecular weight is 359 g/mol. The fourth-order valence-corrected chi connectivity index (χ4v) is 2.76. The number of hydrogen-bond acceptors (Lipinski definition) is 5. The Hall–Kier alpha value is -2.70. The normalized spacial score (nSPS) is 12.4. The zero-order valence-electron chi connectivity index (χ0n) is 15.8. The van der Waals surface area contributed by atoms with Gasteiger partial charge in [0.1, 0.15) is 6.04 Å². The standard InChI is InChI=1S/C19H25N3O4/c1-11(2)17(19(25)26-5)20-16(23)10-15-13-8-6-7-9-14(13)18(24)22(21-15)12(3)4/h6-9,11-12,17H,10H2,1-5H3,(H,20,23)/t17-/m1/s1. The maximum atomic E-state index is 12.5. The van der Waals surface area contributed by atoms with Crippen molar-refractivity contribution in [2.45, 2.75) is 46.2 Å². The fourth-order valence-electron chi connectivity index (χ4n) is 2.76. The lowest BCUT2D eigenvalue weighted by Crippen LogP contribution is -2.45. The minimum absolute atomic E-state index is 0.0340. The van der Waals surface area contributed by atoms with Crippen molar-refractivity contribution in [2.75, 3.05) is 7.11 Å². The third-order valence-corrected chi connectivity index (χ3v) is 4.16. The van der Waals surface area contributed by atoms with Crippen molar-refractivity contribution in [3.63, 3.8) is 0 Å². The van der Waals surface area contributed by atoms with E-state index in [-0.39, 0.29) is 29.8 Å². The number of amides is 1. The Morgan fingerprint density at radius 1 is 1.15 bits per heavy atom. The van der Waals surface area contributed by atoms with Crippen LogP contribution in [0.4, 0.5) is 0 Å². The van der Waals surface area contributed by atoms with E-state index in [2.05, 4.69) is 10.4 Å². The molecule has 0 spiro atoms. The molecule has 1 atom stereocenters. The number of nitrogens with one attached hydrogen (secondary N) is 1. The lowest BCUT2D eigenvalue weighted by Gasteiger charge is -2.20. The molecule has 2 aromatic rings. The predicted octanol–water partition coefficient (Wildman–Crippen LogP) is 1.83. The van der Waals surface area contributed by atoms with Gasteiger partial charge in [0.2, 0.25) is 5.91 Å². The van der Waals surface area contributed by atoms with Gasteiger partial charge in [0, 0.05) is 5.39 Å². The van der Waals surface area contributed by atoms with Gasteiger partial charge >= 0.3 is 5.97 Å². The second-order valence-electron chi connectivity index (χ2n) is 6.82. The Bertz CT molecular complexity index is 871. The third-order valence-electron chi connectivity index (χ3n) is 4.16. The van der Waals surface area contributed by atoms with E-state index in [1.165, 1.54) is 11.8 Å². The second kappa shape index (κ2) is 8.12. The Morgan fingerprint density at radius 3 is 2.31 bits per heavy atom. The molecule has 1 amide bonds. The minimum atomic E-state index is -0.727. The summed E-state index contributed by atoms with van der Waals surface area (Å²) in [4.78, 5) is 36.9. The van der Waals surface area contributed by atoms with Gasteiger partial charge in [-0.15, -0.1) is 0 Å². The second-order valence-corrected chi connectivity index (χ2v) is 6.82. The van der Waals surface area contributed by atoms with Crippen LogP contribution >= 0.6 is 0 Å². The third kappa shape index (κ3) is 4.09. The van der Waals surface area contributed by atoms with Crippen LogP contribution in [0.25, 0.3) is 10.8 Å². The Morgan fingerprint density at radius 2 is 1.77 bits per heavy atom. The number of esters is 1. The van der Waals surface area contributed by atoms with Crippen molar-refractivity contribution >= 4 is 22.6 Å². The lowest BCUT2D eigenvalue weighted by atomic mass is 10.0. The Kier molecular flexibility index (Phi) is 6.13. The van der Waals surface area contributed by atoms with Crippen LogP contribution < -0.4 is 10.9 Å². The number of hydrogen-bond donors (Lipinski definition) is 1. The van der Waals surface area contributed by atoms with Crippen LogP contribution in [-0.4, -0.2) is 34.8 Å². The van der Waals surface area contributed by atoms with Gasteiger partial charge < -0.3 is 10.1 Å². The fraction of sp³-hybridized carbons (Fsp3) is 0.474. The van der Waals surface area contributed by atoms with Gasteiger partial charge in [-0.2, -0.15) is 5.10 Å². The van der Waals surface area contributed by atoms with Crippen LogP contribution in [0.1, 0.15) is 39.4 Å². The van der Waals surface area contributed by atoms with Crippen LogP contribution in [0.15, 0.2) is 29.1 Å². The molecule has 1 N–H and O–H groups in total. The van der Waals surface area contributed by atoms with E-state index in [4.69, 9.17) is 4.74 Å². The molecule has 2 rings (SSSR count). The first kappa shape index (κ1) is 19.6. The molecule has 0 unspecified atom stereocenters. The summed E-state index contributed by atoms with van der Waals surface area (Å²) in [6.45, 7) is 7.38. The SMILES string of the molecule is COC(=O)[C@H](NC(=O)Cc1nn(C(C)C)c(=O)c2ccccc12)C(C)C. The predicted molar refractivity (Wildman–Crippen MR) is 98.9 cm³/mol. The summed E-state index contributed by atoms with van der Waals surface area (Å²) in [5.41, 5.74) is 0.313. The molecule has 0 aliphatic heterocycles. The summed E-state index contributed by atoms with van der Waals surface area (Å²) >= 11 is 0. The van der Waals surface area contributed by atoms with Crippen LogP contribution in [0.5, 0.6) is 0 Å². The first-order chi connectivity index (χ1) is 12.3. The average Bonchev–Trinajstić information content (AvgIpc) is 2.61. The highest BCUT2D eigenvalue weighted by molar-refractivity contribution is 5.90. The maximum Gasteiger partial charge on any atom is 0.328 e. The van der Waals surface area contributed by atoms with Gasteiger partial charge in [0.25, 0.3) is 5.56 Å². The first-order valence-electron chi connectivity index (χ1n) is 8.63. The van der Waals surface area contributed by atoms with Gasteiger partial charge in [-0.05, 0) is 25.8 Å². The summed E-state index contributed by atoms with van der Waals surface area (Å²) in [6, 6.07) is 6.23. The first-order valence-corrected chi connectivity index (χ1v) is 8.63. The van der Waals surface area contributed by atoms with Crippen molar-refractivity contribution in [3.05, 3.63) is 40.3 Å². The molecule has 26 heavy (non-hydrogen) atoms. The van der Waals surface area contributed by atoms with Crippen molar-refractivity contribution < 1.29 is 14.3 Å². The minimum Gasteiger partial charge on any atom is -0.467 e. The van der Waals surface area contributed by atoms with Crippen LogP contribution in [-0.2, 0) is 20.7 Å². The van der Waals surface area contributed by atoms with Gasteiger partial charge in [-0.25, -0.2) is 9.48 Å². The van der Waals surface area contributed by atoms with E-state index < -0.39 is 12.0 Å².